The Labute approximate surface area is 140 Å². The molecule has 0 saturated heterocycles. The van der Waals surface area contributed by atoms with Gasteiger partial charge in [0, 0.05) is 10.8 Å². The van der Waals surface area contributed by atoms with Gasteiger partial charge < -0.3 is 9.73 Å². The number of amides is 2. The number of hydrogen-bond acceptors (Lipinski definition) is 6. The van der Waals surface area contributed by atoms with Crippen molar-refractivity contribution in [1.82, 2.24) is 10.3 Å². The van der Waals surface area contributed by atoms with Gasteiger partial charge in [-0.25, -0.2) is 4.98 Å². The predicted octanol–water partition coefficient (Wildman–Crippen LogP) is 2.91. The number of carbonyl (C=O) groups is 2. The fourth-order valence-corrected chi connectivity index (χ4v) is 3.18. The van der Waals surface area contributed by atoms with Crippen molar-refractivity contribution >= 4 is 39.6 Å². The van der Waals surface area contributed by atoms with Crippen LogP contribution in [-0.4, -0.2) is 16.8 Å². The van der Waals surface area contributed by atoms with E-state index in [1.807, 2.05) is 5.38 Å². The van der Waals surface area contributed by atoms with Gasteiger partial charge in [0.1, 0.15) is 5.76 Å². The van der Waals surface area contributed by atoms with Gasteiger partial charge in [-0.2, -0.15) is 11.3 Å². The second-order valence-corrected chi connectivity index (χ2v) is 6.28. The lowest BCUT2D eigenvalue weighted by Crippen LogP contribution is -2.24. The number of nitrogens with zero attached hydrogens (tertiary/aromatic N) is 1. The van der Waals surface area contributed by atoms with Crippen molar-refractivity contribution in [2.75, 3.05) is 5.32 Å². The number of anilines is 1. The highest BCUT2D eigenvalue weighted by Gasteiger charge is 2.11. The molecular weight excluding hydrogens is 334 g/mol. The minimum absolute atomic E-state index is 0.151. The van der Waals surface area contributed by atoms with E-state index in [4.69, 9.17) is 4.42 Å². The molecule has 0 unspecified atom stereocenters. The second kappa shape index (κ2) is 7.21. The molecule has 8 heteroatoms. The molecule has 6 nitrogen and oxygen atoms in total. The van der Waals surface area contributed by atoms with Gasteiger partial charge in [0.05, 0.1) is 30.5 Å². The number of rotatable bonds is 6. The Morgan fingerprint density at radius 1 is 1.26 bits per heavy atom. The quantitative estimate of drug-likeness (QED) is 0.718. The summed E-state index contributed by atoms with van der Waals surface area (Å²) < 4.78 is 5.14. The molecule has 2 amide bonds. The third-order valence-corrected chi connectivity index (χ3v) is 4.43. The van der Waals surface area contributed by atoms with E-state index in [0.717, 1.165) is 0 Å². The van der Waals surface area contributed by atoms with Gasteiger partial charge in [-0.15, -0.1) is 11.3 Å². The summed E-state index contributed by atoms with van der Waals surface area (Å²) in [4.78, 5) is 28.0. The smallest absolute Gasteiger partial charge is 0.258 e. The van der Waals surface area contributed by atoms with Crippen molar-refractivity contribution in [2.24, 2.45) is 0 Å². The predicted molar refractivity (Wildman–Crippen MR) is 88.6 cm³/mol. The molecule has 3 rings (SSSR count). The summed E-state index contributed by atoms with van der Waals surface area (Å²) in [6, 6.07) is 5.31. The summed E-state index contributed by atoms with van der Waals surface area (Å²) in [7, 11) is 0. The van der Waals surface area contributed by atoms with Gasteiger partial charge in [0.15, 0.2) is 5.13 Å². The van der Waals surface area contributed by atoms with Crippen LogP contribution in [0.25, 0.3) is 0 Å². The number of hydrogen-bond donors (Lipinski definition) is 2. The molecule has 0 spiro atoms. The summed E-state index contributed by atoms with van der Waals surface area (Å²) in [6.07, 6.45) is 1.72. The normalized spacial score (nSPS) is 10.4. The lowest BCUT2D eigenvalue weighted by Gasteiger charge is -2.01. The molecule has 0 aliphatic rings. The van der Waals surface area contributed by atoms with Gasteiger partial charge in [-0.05, 0) is 23.6 Å². The molecule has 0 atom stereocenters. The maximum absolute atomic E-state index is 11.9. The van der Waals surface area contributed by atoms with Crippen LogP contribution in [0.15, 0.2) is 45.0 Å². The van der Waals surface area contributed by atoms with Crippen LogP contribution < -0.4 is 10.6 Å². The van der Waals surface area contributed by atoms with E-state index >= 15 is 0 Å². The first-order chi connectivity index (χ1) is 11.2. The lowest BCUT2D eigenvalue weighted by atomic mass is 10.3. The topological polar surface area (TPSA) is 84.2 Å². The highest BCUT2D eigenvalue weighted by atomic mass is 32.1. The first-order valence-corrected chi connectivity index (χ1v) is 8.60. The van der Waals surface area contributed by atoms with Crippen molar-refractivity contribution < 1.29 is 14.0 Å². The number of carbonyl (C=O) groups excluding carboxylic acids is 2. The van der Waals surface area contributed by atoms with Gasteiger partial charge in [0.25, 0.3) is 5.91 Å². The van der Waals surface area contributed by atoms with E-state index in [0.29, 0.717) is 28.7 Å². The van der Waals surface area contributed by atoms with Crippen LogP contribution in [0.5, 0.6) is 0 Å². The van der Waals surface area contributed by atoms with Gasteiger partial charge >= 0.3 is 0 Å². The first kappa shape index (κ1) is 15.4. The zero-order chi connectivity index (χ0) is 16.1. The molecule has 118 valence electrons. The Morgan fingerprint density at radius 3 is 2.91 bits per heavy atom. The molecule has 0 saturated carbocycles. The van der Waals surface area contributed by atoms with Crippen LogP contribution in [0.4, 0.5) is 5.13 Å². The standard InChI is InChI=1S/C15H13N3O3S2/c19-13(16-7-12-2-1-4-21-12)6-11-9-23-15(17-11)18-14(20)10-3-5-22-8-10/h1-5,8-9H,6-7H2,(H,16,19)(H,17,18,20). The molecule has 0 radical (unpaired) electrons. The number of nitrogens with one attached hydrogen (secondary N) is 2. The minimum atomic E-state index is -0.200. The fraction of sp³-hybridized carbons (Fsp3) is 0.133. The van der Waals surface area contributed by atoms with E-state index in [1.54, 1.807) is 35.2 Å². The largest absolute Gasteiger partial charge is 0.467 e. The summed E-state index contributed by atoms with van der Waals surface area (Å²) in [5.74, 6) is 0.345. The fourth-order valence-electron chi connectivity index (χ4n) is 1.83. The summed E-state index contributed by atoms with van der Waals surface area (Å²) in [5.41, 5.74) is 1.22. The Bertz CT molecular complexity index is 779. The highest BCUT2D eigenvalue weighted by molar-refractivity contribution is 7.14. The molecule has 0 fully saturated rings. The Balaban J connectivity index is 1.50. The minimum Gasteiger partial charge on any atom is -0.467 e. The molecule has 3 aromatic rings. The average molecular weight is 347 g/mol. The summed E-state index contributed by atoms with van der Waals surface area (Å²) >= 11 is 2.75. The molecule has 2 N–H and O–H groups in total. The monoisotopic (exact) mass is 347 g/mol. The molecule has 3 aromatic heterocycles. The Hall–Kier alpha value is -2.45. The van der Waals surface area contributed by atoms with Crippen LogP contribution in [0.2, 0.25) is 0 Å². The van der Waals surface area contributed by atoms with Crippen molar-refractivity contribution in [2.45, 2.75) is 13.0 Å². The first-order valence-electron chi connectivity index (χ1n) is 6.78. The summed E-state index contributed by atoms with van der Waals surface area (Å²) in [5, 5.41) is 11.3. The van der Waals surface area contributed by atoms with E-state index in [1.165, 1.54) is 22.7 Å². The molecule has 0 aromatic carbocycles. The summed E-state index contributed by atoms with van der Waals surface area (Å²) in [6.45, 7) is 0.345. The molecule has 0 bridgehead atoms. The Kier molecular flexibility index (Phi) is 4.84. The highest BCUT2D eigenvalue weighted by Crippen LogP contribution is 2.17. The maximum atomic E-state index is 11.9. The number of aromatic nitrogens is 1. The third kappa shape index (κ3) is 4.27. The van der Waals surface area contributed by atoms with Crippen molar-refractivity contribution in [3.05, 3.63) is 57.6 Å². The van der Waals surface area contributed by atoms with Crippen LogP contribution in [-0.2, 0) is 17.8 Å². The lowest BCUT2D eigenvalue weighted by molar-refractivity contribution is -0.120. The van der Waals surface area contributed by atoms with Crippen LogP contribution in [0.1, 0.15) is 21.8 Å². The number of thiophene rings is 1. The number of thiazole rings is 1. The van der Waals surface area contributed by atoms with Gasteiger partial charge in [-0.1, -0.05) is 0 Å². The zero-order valence-corrected chi connectivity index (χ0v) is 13.6. The van der Waals surface area contributed by atoms with E-state index in [9.17, 15) is 9.59 Å². The van der Waals surface area contributed by atoms with Crippen molar-refractivity contribution in [1.29, 1.82) is 0 Å². The van der Waals surface area contributed by atoms with E-state index in [-0.39, 0.29) is 18.2 Å². The van der Waals surface area contributed by atoms with Gasteiger partial charge in [0.2, 0.25) is 5.91 Å². The Morgan fingerprint density at radius 2 is 2.17 bits per heavy atom. The molecule has 0 aliphatic carbocycles. The van der Waals surface area contributed by atoms with Crippen LogP contribution >= 0.6 is 22.7 Å². The SMILES string of the molecule is O=C(Cc1csc(NC(=O)c2ccsc2)n1)NCc1ccco1. The average Bonchev–Trinajstić information content (AvgIpc) is 3.28. The van der Waals surface area contributed by atoms with Crippen molar-refractivity contribution in [3.8, 4) is 0 Å². The molecule has 3 heterocycles. The third-order valence-electron chi connectivity index (χ3n) is 2.94. The maximum Gasteiger partial charge on any atom is 0.258 e. The van der Waals surface area contributed by atoms with Crippen molar-refractivity contribution in [3.63, 3.8) is 0 Å². The van der Waals surface area contributed by atoms with Gasteiger partial charge in [-0.3, -0.25) is 14.9 Å². The second-order valence-electron chi connectivity index (χ2n) is 4.64. The molecule has 23 heavy (non-hydrogen) atoms. The van der Waals surface area contributed by atoms with E-state index in [2.05, 4.69) is 15.6 Å². The van der Waals surface area contributed by atoms with E-state index < -0.39 is 0 Å². The van der Waals surface area contributed by atoms with Crippen LogP contribution in [0.3, 0.4) is 0 Å². The molecule has 0 aliphatic heterocycles. The molecular formula is C15H13N3O3S2. The number of furan rings is 1. The zero-order valence-electron chi connectivity index (χ0n) is 11.9. The van der Waals surface area contributed by atoms with Crippen LogP contribution in [0, 0.1) is 0 Å².